The van der Waals surface area contributed by atoms with E-state index in [0.29, 0.717) is 0 Å². The molecule has 8 heteroatoms. The lowest BCUT2D eigenvalue weighted by molar-refractivity contribution is 1.11. The fraction of sp³-hybridized carbons (Fsp3) is 0.0833. The minimum atomic E-state index is 0.783. The average molecular weight is 438 g/mol. The molecule has 0 aliphatic rings. The standard InChI is InChI=1S/C24H19N7S/c1-31(2)16-9-15(11-25-12-16)18-3-4-20-23(28-18)24(30-29-20)21-10-17-19(27-21)5-7-26-22(17)14-6-8-32-13-14/h3-13,27H,1-2H3,(H,29,30). The SMILES string of the molecule is CN(C)c1cncc(-c2ccc3[nH]nc(-c4cc5c(-c6ccsc6)nccc5[nH]4)c3n2)c1. The van der Waals surface area contributed by atoms with Crippen molar-refractivity contribution < 1.29 is 0 Å². The van der Waals surface area contributed by atoms with E-state index in [1.165, 1.54) is 0 Å². The minimum Gasteiger partial charge on any atom is -0.376 e. The third kappa shape index (κ3) is 3.04. The van der Waals surface area contributed by atoms with Crippen LogP contribution in [-0.2, 0) is 0 Å². The molecule has 6 rings (SSSR count). The molecule has 0 aromatic carbocycles. The van der Waals surface area contributed by atoms with Gasteiger partial charge in [-0.15, -0.1) is 0 Å². The molecule has 0 amide bonds. The van der Waals surface area contributed by atoms with Crippen LogP contribution in [0.15, 0.2) is 65.7 Å². The van der Waals surface area contributed by atoms with Crippen LogP contribution < -0.4 is 4.90 Å². The van der Waals surface area contributed by atoms with Gasteiger partial charge in [-0.3, -0.25) is 15.1 Å². The second-order valence-corrected chi connectivity index (χ2v) is 8.59. The number of aromatic nitrogens is 6. The summed E-state index contributed by atoms with van der Waals surface area (Å²) in [6.07, 6.45) is 5.51. The Morgan fingerprint density at radius 2 is 1.88 bits per heavy atom. The van der Waals surface area contributed by atoms with Crippen molar-refractivity contribution in [3.05, 3.63) is 65.7 Å². The number of hydrogen-bond donors (Lipinski definition) is 2. The fourth-order valence-electron chi connectivity index (χ4n) is 3.87. The number of thiophene rings is 1. The summed E-state index contributed by atoms with van der Waals surface area (Å²) in [7, 11) is 4.00. The Morgan fingerprint density at radius 1 is 0.938 bits per heavy atom. The molecule has 0 radical (unpaired) electrons. The largest absolute Gasteiger partial charge is 0.376 e. The van der Waals surface area contributed by atoms with Gasteiger partial charge in [-0.1, -0.05) is 0 Å². The van der Waals surface area contributed by atoms with E-state index in [4.69, 9.17) is 4.98 Å². The molecular weight excluding hydrogens is 418 g/mol. The molecule has 0 bridgehead atoms. The van der Waals surface area contributed by atoms with Gasteiger partial charge in [0.25, 0.3) is 0 Å². The maximum atomic E-state index is 4.94. The van der Waals surface area contributed by atoms with Gasteiger partial charge in [0.2, 0.25) is 0 Å². The highest BCUT2D eigenvalue weighted by atomic mass is 32.1. The summed E-state index contributed by atoms with van der Waals surface area (Å²) in [6.45, 7) is 0. The molecule has 0 saturated carbocycles. The Hall–Kier alpha value is -4.04. The molecule has 2 N–H and O–H groups in total. The van der Waals surface area contributed by atoms with E-state index in [0.717, 1.165) is 61.5 Å². The van der Waals surface area contributed by atoms with Crippen LogP contribution in [0.2, 0.25) is 0 Å². The Kier molecular flexibility index (Phi) is 4.26. The maximum Gasteiger partial charge on any atom is 0.135 e. The van der Waals surface area contributed by atoms with Crippen molar-refractivity contribution in [1.29, 1.82) is 0 Å². The van der Waals surface area contributed by atoms with E-state index in [1.807, 2.05) is 55.8 Å². The predicted molar refractivity (Wildman–Crippen MR) is 130 cm³/mol. The molecule has 0 atom stereocenters. The van der Waals surface area contributed by atoms with Crippen molar-refractivity contribution in [3.63, 3.8) is 0 Å². The van der Waals surface area contributed by atoms with Crippen LogP contribution in [0.25, 0.3) is 55.8 Å². The van der Waals surface area contributed by atoms with Gasteiger partial charge in [0.1, 0.15) is 11.2 Å². The number of anilines is 1. The van der Waals surface area contributed by atoms with Crippen molar-refractivity contribution in [2.75, 3.05) is 19.0 Å². The zero-order valence-corrected chi connectivity index (χ0v) is 18.3. The smallest absolute Gasteiger partial charge is 0.135 e. The van der Waals surface area contributed by atoms with Crippen molar-refractivity contribution >= 4 is 39.0 Å². The van der Waals surface area contributed by atoms with Crippen LogP contribution in [-0.4, -0.2) is 44.2 Å². The molecule has 6 aromatic rings. The van der Waals surface area contributed by atoms with Gasteiger partial charge >= 0.3 is 0 Å². The zero-order chi connectivity index (χ0) is 21.7. The second kappa shape index (κ2) is 7.28. The molecule has 0 spiro atoms. The van der Waals surface area contributed by atoms with Gasteiger partial charge in [0.05, 0.1) is 34.5 Å². The Bertz CT molecular complexity index is 1560. The van der Waals surface area contributed by atoms with Crippen molar-refractivity contribution in [2.45, 2.75) is 0 Å². The summed E-state index contributed by atoms with van der Waals surface area (Å²) in [4.78, 5) is 19.5. The van der Waals surface area contributed by atoms with E-state index in [2.05, 4.69) is 54.1 Å². The monoisotopic (exact) mass is 437 g/mol. The Labute approximate surface area is 187 Å². The van der Waals surface area contributed by atoms with Gasteiger partial charge in [0.15, 0.2) is 0 Å². The highest BCUT2D eigenvalue weighted by Crippen LogP contribution is 2.33. The van der Waals surface area contributed by atoms with Crippen molar-refractivity contribution in [3.8, 4) is 33.9 Å². The van der Waals surface area contributed by atoms with Crippen LogP contribution in [0.5, 0.6) is 0 Å². The van der Waals surface area contributed by atoms with Crippen LogP contribution in [0, 0.1) is 0 Å². The van der Waals surface area contributed by atoms with Gasteiger partial charge in [-0.2, -0.15) is 16.4 Å². The van der Waals surface area contributed by atoms with Crippen LogP contribution in [0.1, 0.15) is 0 Å². The molecule has 6 aromatic heterocycles. The normalized spacial score (nSPS) is 11.4. The number of pyridine rings is 3. The summed E-state index contributed by atoms with van der Waals surface area (Å²) < 4.78 is 0. The fourth-order valence-corrected chi connectivity index (χ4v) is 4.51. The molecule has 32 heavy (non-hydrogen) atoms. The third-order valence-corrected chi connectivity index (χ3v) is 6.22. The summed E-state index contributed by atoms with van der Waals surface area (Å²) in [5.41, 5.74) is 9.33. The predicted octanol–water partition coefficient (Wildman–Crippen LogP) is 5.36. The molecule has 0 unspecified atom stereocenters. The van der Waals surface area contributed by atoms with Gasteiger partial charge in [-0.25, -0.2) is 4.98 Å². The van der Waals surface area contributed by atoms with Gasteiger partial charge in [0, 0.05) is 53.9 Å². The quantitative estimate of drug-likeness (QED) is 0.388. The number of hydrogen-bond acceptors (Lipinski definition) is 6. The maximum absolute atomic E-state index is 4.94. The molecule has 156 valence electrons. The second-order valence-electron chi connectivity index (χ2n) is 7.81. The molecule has 0 saturated heterocycles. The number of aromatic amines is 2. The van der Waals surface area contributed by atoms with E-state index < -0.39 is 0 Å². The highest BCUT2D eigenvalue weighted by molar-refractivity contribution is 7.08. The number of H-pyrrole nitrogens is 2. The van der Waals surface area contributed by atoms with Gasteiger partial charge < -0.3 is 9.88 Å². The summed E-state index contributed by atoms with van der Waals surface area (Å²) in [6, 6.07) is 12.3. The highest BCUT2D eigenvalue weighted by Gasteiger charge is 2.16. The van der Waals surface area contributed by atoms with E-state index in [-0.39, 0.29) is 0 Å². The number of nitrogens with one attached hydrogen (secondary N) is 2. The third-order valence-electron chi connectivity index (χ3n) is 5.54. The summed E-state index contributed by atoms with van der Waals surface area (Å²) in [5, 5.41) is 12.9. The van der Waals surface area contributed by atoms with Gasteiger partial charge in [-0.05, 0) is 41.8 Å². The number of rotatable bonds is 4. The molecule has 6 heterocycles. The lowest BCUT2D eigenvalue weighted by atomic mass is 10.1. The Morgan fingerprint density at radius 3 is 2.72 bits per heavy atom. The molecule has 0 aliphatic heterocycles. The molecule has 7 nitrogen and oxygen atoms in total. The number of fused-ring (bicyclic) bond motifs is 2. The lowest BCUT2D eigenvalue weighted by Gasteiger charge is -2.12. The first-order valence-electron chi connectivity index (χ1n) is 10.2. The first-order chi connectivity index (χ1) is 15.7. The summed E-state index contributed by atoms with van der Waals surface area (Å²) in [5.74, 6) is 0. The van der Waals surface area contributed by atoms with Crippen LogP contribution in [0.3, 0.4) is 0 Å². The van der Waals surface area contributed by atoms with Crippen molar-refractivity contribution in [2.24, 2.45) is 0 Å². The minimum absolute atomic E-state index is 0.783. The first-order valence-corrected chi connectivity index (χ1v) is 11.1. The van der Waals surface area contributed by atoms with E-state index in [1.54, 1.807) is 11.3 Å². The van der Waals surface area contributed by atoms with Crippen molar-refractivity contribution in [1.82, 2.24) is 30.1 Å². The molecular formula is C24H19N7S. The van der Waals surface area contributed by atoms with Crippen LogP contribution >= 0.6 is 11.3 Å². The van der Waals surface area contributed by atoms with E-state index in [9.17, 15) is 0 Å². The van der Waals surface area contributed by atoms with Crippen LogP contribution in [0.4, 0.5) is 5.69 Å². The van der Waals surface area contributed by atoms with E-state index >= 15 is 0 Å². The first kappa shape index (κ1) is 18.7. The number of nitrogens with zero attached hydrogens (tertiary/aromatic N) is 5. The zero-order valence-electron chi connectivity index (χ0n) is 17.5. The topological polar surface area (TPSA) is 86.4 Å². The lowest BCUT2D eigenvalue weighted by Crippen LogP contribution is -2.08. The molecule has 0 fully saturated rings. The molecule has 0 aliphatic carbocycles. The summed E-state index contributed by atoms with van der Waals surface area (Å²) >= 11 is 1.67. The Balaban J connectivity index is 1.49. The average Bonchev–Trinajstić information content (AvgIpc) is 3.57.